The Morgan fingerprint density at radius 2 is 1.81 bits per heavy atom. The molecule has 0 amide bonds. The summed E-state index contributed by atoms with van der Waals surface area (Å²) < 4.78 is 19.7. The third-order valence-corrected chi connectivity index (χ3v) is 8.91. The van der Waals surface area contributed by atoms with Crippen molar-refractivity contribution in [1.82, 2.24) is 5.32 Å². The third-order valence-electron chi connectivity index (χ3n) is 8.91. The Bertz CT molecular complexity index is 1320. The minimum atomic E-state index is -0.331. The van der Waals surface area contributed by atoms with Crippen LogP contribution in [-0.2, 0) is 34.5 Å². The predicted octanol–water partition coefficient (Wildman–Crippen LogP) is 4.81. The zero-order valence-corrected chi connectivity index (χ0v) is 20.3. The smallest absolute Gasteiger partial charge is 0.120 e. The highest BCUT2D eigenvalue weighted by Gasteiger charge is 2.73. The number of nitriles is 1. The van der Waals surface area contributed by atoms with Crippen LogP contribution in [0.2, 0.25) is 0 Å². The summed E-state index contributed by atoms with van der Waals surface area (Å²) in [6, 6.07) is 27.2. The van der Waals surface area contributed by atoms with Gasteiger partial charge in [-0.2, -0.15) is 5.26 Å². The standard InChI is InChI=1S/C31H30N2O3/c32-18-21-6-8-23(9-7-21)20-35-31-13-12-27-29(36-27)30(31)14-15-33-28(31)16-24-10-11-25(17-26(24)30)34-19-22-4-2-1-3-5-22/h1-11,17,27-29,33H,12-16,19-20H2/t27?,28-,29+,30+,31-/m1/s1. The van der Waals surface area contributed by atoms with Crippen molar-refractivity contribution in [3.8, 4) is 11.8 Å². The number of ether oxygens (including phenoxy) is 3. The molecular weight excluding hydrogens is 448 g/mol. The lowest BCUT2D eigenvalue weighted by Gasteiger charge is -2.62. The molecule has 2 saturated heterocycles. The van der Waals surface area contributed by atoms with Crippen LogP contribution in [0.3, 0.4) is 0 Å². The van der Waals surface area contributed by atoms with Crippen LogP contribution in [0.1, 0.15) is 47.1 Å². The van der Waals surface area contributed by atoms with Gasteiger partial charge in [0.05, 0.1) is 41.5 Å². The molecule has 3 fully saturated rings. The Hall–Kier alpha value is -3.17. The largest absolute Gasteiger partial charge is 0.489 e. The highest BCUT2D eigenvalue weighted by molar-refractivity contribution is 5.51. The van der Waals surface area contributed by atoms with Crippen LogP contribution in [-0.4, -0.2) is 30.4 Å². The van der Waals surface area contributed by atoms with Crippen molar-refractivity contribution >= 4 is 0 Å². The van der Waals surface area contributed by atoms with E-state index < -0.39 is 0 Å². The average Bonchev–Trinajstić information content (AvgIpc) is 3.73. The molecule has 0 aromatic heterocycles. The maximum atomic E-state index is 9.16. The van der Waals surface area contributed by atoms with Crippen molar-refractivity contribution in [3.05, 3.63) is 101 Å². The second-order valence-corrected chi connectivity index (χ2v) is 10.6. The first-order valence-electron chi connectivity index (χ1n) is 13.0. The fraction of sp³-hybridized carbons (Fsp3) is 0.387. The van der Waals surface area contributed by atoms with Crippen LogP contribution >= 0.6 is 0 Å². The lowest BCUT2D eigenvalue weighted by Crippen LogP contribution is -2.74. The predicted molar refractivity (Wildman–Crippen MR) is 136 cm³/mol. The first-order chi connectivity index (χ1) is 17.7. The van der Waals surface area contributed by atoms with Crippen LogP contribution in [0, 0.1) is 11.3 Å². The van der Waals surface area contributed by atoms with E-state index >= 15 is 0 Å². The molecule has 5 nitrogen and oxygen atoms in total. The number of nitrogens with zero attached hydrogens (tertiary/aromatic N) is 1. The van der Waals surface area contributed by atoms with E-state index in [0.717, 1.165) is 43.5 Å². The van der Waals surface area contributed by atoms with Crippen molar-refractivity contribution in [2.24, 2.45) is 0 Å². The first-order valence-corrected chi connectivity index (χ1v) is 13.0. The van der Waals surface area contributed by atoms with E-state index in [1.165, 1.54) is 16.7 Å². The fourth-order valence-corrected chi connectivity index (χ4v) is 7.21. The normalized spacial score (nSPS) is 31.4. The summed E-state index contributed by atoms with van der Waals surface area (Å²) in [5.74, 6) is 0.910. The molecule has 182 valence electrons. The minimum Gasteiger partial charge on any atom is -0.489 e. The second kappa shape index (κ2) is 8.45. The maximum absolute atomic E-state index is 9.16. The summed E-state index contributed by atoms with van der Waals surface area (Å²) >= 11 is 0. The van der Waals surface area contributed by atoms with E-state index in [2.05, 4.69) is 41.7 Å². The number of fused-ring (bicyclic) bond motifs is 2. The number of benzene rings is 3. The molecule has 1 unspecified atom stereocenters. The Labute approximate surface area is 212 Å². The lowest BCUT2D eigenvalue weighted by atomic mass is 9.49. The average molecular weight is 479 g/mol. The molecule has 0 radical (unpaired) electrons. The van der Waals surface area contributed by atoms with Gasteiger partial charge in [-0.25, -0.2) is 0 Å². The van der Waals surface area contributed by atoms with E-state index in [-0.39, 0.29) is 23.2 Å². The number of rotatable bonds is 6. The minimum absolute atomic E-state index is 0.182. The van der Waals surface area contributed by atoms with Gasteiger partial charge in [0.15, 0.2) is 0 Å². The van der Waals surface area contributed by atoms with E-state index in [1.807, 2.05) is 42.5 Å². The quantitative estimate of drug-likeness (QED) is 0.515. The highest BCUT2D eigenvalue weighted by atomic mass is 16.6. The Kier molecular flexibility index (Phi) is 5.18. The summed E-state index contributed by atoms with van der Waals surface area (Å²) in [6.07, 6.45) is 4.48. The van der Waals surface area contributed by atoms with Gasteiger partial charge in [0, 0.05) is 6.04 Å². The summed E-state index contributed by atoms with van der Waals surface area (Å²) in [5.41, 5.74) is 5.17. The summed E-state index contributed by atoms with van der Waals surface area (Å²) in [5, 5.41) is 13.0. The molecule has 2 aliphatic carbocycles. The van der Waals surface area contributed by atoms with Crippen LogP contribution in [0.5, 0.6) is 5.75 Å². The van der Waals surface area contributed by atoms with Gasteiger partial charge in [-0.05, 0) is 78.7 Å². The van der Waals surface area contributed by atoms with Gasteiger partial charge in [0.2, 0.25) is 0 Å². The first kappa shape index (κ1) is 22.1. The van der Waals surface area contributed by atoms with Crippen molar-refractivity contribution in [1.29, 1.82) is 5.26 Å². The molecule has 1 saturated carbocycles. The Balaban J connectivity index is 1.24. The number of nitrogens with one attached hydrogen (secondary N) is 1. The van der Waals surface area contributed by atoms with Crippen molar-refractivity contribution in [2.75, 3.05) is 6.54 Å². The SMILES string of the molecule is N#Cc1ccc(CO[C@@]23CCC4O[C@@H]4[C@@]24CCN[C@@H]3Cc2ccc(OCc3ccccc3)cc24)cc1. The monoisotopic (exact) mass is 478 g/mol. The van der Waals surface area contributed by atoms with Crippen LogP contribution < -0.4 is 10.1 Å². The van der Waals surface area contributed by atoms with Crippen molar-refractivity contribution in [2.45, 2.75) is 68.2 Å². The summed E-state index contributed by atoms with van der Waals surface area (Å²) in [4.78, 5) is 0. The van der Waals surface area contributed by atoms with Crippen molar-refractivity contribution < 1.29 is 14.2 Å². The third kappa shape index (κ3) is 3.33. The van der Waals surface area contributed by atoms with Crippen LogP contribution in [0.4, 0.5) is 0 Å². The summed E-state index contributed by atoms with van der Waals surface area (Å²) in [6.45, 7) is 2.05. The molecule has 3 aromatic carbocycles. The zero-order chi connectivity index (χ0) is 24.2. The number of hydrogen-bond donors (Lipinski definition) is 1. The van der Waals surface area contributed by atoms with Crippen LogP contribution in [0.15, 0.2) is 72.8 Å². The van der Waals surface area contributed by atoms with E-state index in [9.17, 15) is 0 Å². The molecule has 2 bridgehead atoms. The number of epoxide rings is 1. The van der Waals surface area contributed by atoms with E-state index in [0.29, 0.717) is 24.9 Å². The van der Waals surface area contributed by atoms with E-state index in [1.54, 1.807) is 0 Å². The topological polar surface area (TPSA) is 66.8 Å². The molecule has 0 spiro atoms. The van der Waals surface area contributed by atoms with Gasteiger partial charge < -0.3 is 19.5 Å². The highest BCUT2D eigenvalue weighted by Crippen LogP contribution is 2.64. The van der Waals surface area contributed by atoms with Crippen molar-refractivity contribution in [3.63, 3.8) is 0 Å². The molecule has 1 N–H and O–H groups in total. The molecule has 2 heterocycles. The molecule has 5 atom stereocenters. The van der Waals surface area contributed by atoms with E-state index in [4.69, 9.17) is 19.5 Å². The fourth-order valence-electron chi connectivity index (χ4n) is 7.21. The number of hydrogen-bond acceptors (Lipinski definition) is 5. The maximum Gasteiger partial charge on any atom is 0.120 e. The molecule has 36 heavy (non-hydrogen) atoms. The summed E-state index contributed by atoms with van der Waals surface area (Å²) in [7, 11) is 0. The van der Waals surface area contributed by atoms with Gasteiger partial charge >= 0.3 is 0 Å². The Morgan fingerprint density at radius 1 is 0.972 bits per heavy atom. The van der Waals surface area contributed by atoms with Gasteiger partial charge in [0.25, 0.3) is 0 Å². The Morgan fingerprint density at radius 3 is 2.64 bits per heavy atom. The molecule has 5 heteroatoms. The molecule has 7 rings (SSSR count). The number of piperidine rings is 1. The lowest BCUT2D eigenvalue weighted by molar-refractivity contribution is -0.171. The molecule has 2 aliphatic heterocycles. The van der Waals surface area contributed by atoms with Crippen LogP contribution in [0.25, 0.3) is 0 Å². The molecular formula is C31H30N2O3. The van der Waals surface area contributed by atoms with Gasteiger partial charge in [-0.15, -0.1) is 0 Å². The second-order valence-electron chi connectivity index (χ2n) is 10.6. The zero-order valence-electron chi connectivity index (χ0n) is 20.3. The van der Waals surface area contributed by atoms with Gasteiger partial charge in [-0.1, -0.05) is 48.5 Å². The molecule has 3 aromatic rings. The van der Waals surface area contributed by atoms with Gasteiger partial charge in [-0.3, -0.25) is 0 Å². The molecule has 4 aliphatic rings. The van der Waals surface area contributed by atoms with Gasteiger partial charge in [0.1, 0.15) is 12.4 Å².